The van der Waals surface area contributed by atoms with Gasteiger partial charge in [0.2, 0.25) is 0 Å². The number of aryl methyl sites for hydroxylation is 1. The molecule has 1 atom stereocenters. The zero-order valence-corrected chi connectivity index (χ0v) is 12.0. The van der Waals surface area contributed by atoms with Crippen LogP contribution in [0.25, 0.3) is 0 Å². The van der Waals surface area contributed by atoms with Crippen LogP contribution in [0.4, 0.5) is 0 Å². The van der Waals surface area contributed by atoms with Crippen molar-refractivity contribution in [3.8, 4) is 0 Å². The van der Waals surface area contributed by atoms with E-state index in [1.165, 1.54) is 24.8 Å². The minimum absolute atomic E-state index is 0.101. The Kier molecular flexibility index (Phi) is 6.00. The summed E-state index contributed by atoms with van der Waals surface area (Å²) in [6.07, 6.45) is 9.97. The molecule has 0 spiro atoms. The van der Waals surface area contributed by atoms with Crippen molar-refractivity contribution >= 4 is 5.78 Å². The number of allylic oxidation sites excluding steroid dienone is 1. The first-order chi connectivity index (χ1) is 9.75. The fourth-order valence-electron chi connectivity index (χ4n) is 2.83. The molecular weight excluding hydrogens is 248 g/mol. The Morgan fingerprint density at radius 2 is 1.90 bits per heavy atom. The second kappa shape index (κ2) is 8.01. The first-order valence-electron chi connectivity index (χ1n) is 7.69. The molecule has 2 rings (SSSR count). The number of aliphatic hydroxyl groups excluding tert-OH is 1. The molecule has 1 aliphatic rings. The molecule has 1 fully saturated rings. The van der Waals surface area contributed by atoms with Gasteiger partial charge in [0.15, 0.2) is 5.78 Å². The second-order valence-corrected chi connectivity index (χ2v) is 5.70. The van der Waals surface area contributed by atoms with Gasteiger partial charge in [0.05, 0.1) is 6.10 Å². The number of carbonyl (C=O) groups excluding carboxylic acids is 1. The monoisotopic (exact) mass is 272 g/mol. The van der Waals surface area contributed by atoms with Crippen LogP contribution in [0, 0.1) is 5.92 Å². The molecule has 0 bridgehead atoms. The van der Waals surface area contributed by atoms with E-state index in [0.717, 1.165) is 19.3 Å². The molecule has 0 aromatic heterocycles. The molecule has 1 aromatic carbocycles. The maximum atomic E-state index is 11.8. The molecule has 2 heteroatoms. The minimum atomic E-state index is -0.448. The van der Waals surface area contributed by atoms with Crippen molar-refractivity contribution in [1.29, 1.82) is 0 Å². The van der Waals surface area contributed by atoms with Crippen LogP contribution in [0.2, 0.25) is 0 Å². The summed E-state index contributed by atoms with van der Waals surface area (Å²) in [7, 11) is 0. The van der Waals surface area contributed by atoms with E-state index in [2.05, 4.69) is 0 Å². The largest absolute Gasteiger partial charge is 0.389 e. The highest BCUT2D eigenvalue weighted by Crippen LogP contribution is 2.26. The molecule has 2 nitrogen and oxygen atoms in total. The normalized spacial score (nSPS) is 18.2. The number of rotatable bonds is 6. The molecule has 1 saturated carbocycles. The van der Waals surface area contributed by atoms with Crippen LogP contribution in [0.15, 0.2) is 42.5 Å². The Balaban J connectivity index is 1.74. The summed E-state index contributed by atoms with van der Waals surface area (Å²) in [4.78, 5) is 11.8. The van der Waals surface area contributed by atoms with Crippen LogP contribution in [0.1, 0.15) is 44.1 Å². The van der Waals surface area contributed by atoms with Gasteiger partial charge in [0.1, 0.15) is 0 Å². The molecule has 1 aromatic rings. The van der Waals surface area contributed by atoms with E-state index in [9.17, 15) is 9.90 Å². The molecule has 0 saturated heterocycles. The number of benzene rings is 1. The predicted octanol–water partition coefficient (Wildman–Crippen LogP) is 3.69. The summed E-state index contributed by atoms with van der Waals surface area (Å²) in [5.74, 6) is 0.450. The van der Waals surface area contributed by atoms with Gasteiger partial charge in [-0.2, -0.15) is 0 Å². The Labute approximate surface area is 121 Å². The van der Waals surface area contributed by atoms with Crippen molar-refractivity contribution in [2.75, 3.05) is 0 Å². The quantitative estimate of drug-likeness (QED) is 0.802. The number of hydrogen-bond donors (Lipinski definition) is 1. The van der Waals surface area contributed by atoms with Crippen LogP contribution >= 0.6 is 0 Å². The van der Waals surface area contributed by atoms with Gasteiger partial charge in [-0.15, -0.1) is 0 Å². The van der Waals surface area contributed by atoms with E-state index in [4.69, 9.17) is 0 Å². The fraction of sp³-hybridized carbons (Fsp3) is 0.500. The summed E-state index contributed by atoms with van der Waals surface area (Å²) in [6.45, 7) is 0. The van der Waals surface area contributed by atoms with Crippen LogP contribution in [0.5, 0.6) is 0 Å². The predicted molar refractivity (Wildman–Crippen MR) is 81.5 cm³/mol. The van der Waals surface area contributed by atoms with Crippen molar-refractivity contribution in [2.45, 2.75) is 51.0 Å². The molecule has 108 valence electrons. The van der Waals surface area contributed by atoms with Gasteiger partial charge in [0, 0.05) is 6.42 Å². The third-order valence-corrected chi connectivity index (χ3v) is 4.12. The lowest BCUT2D eigenvalue weighted by Gasteiger charge is -2.24. The van der Waals surface area contributed by atoms with E-state index in [1.54, 1.807) is 12.2 Å². The molecule has 0 heterocycles. The van der Waals surface area contributed by atoms with E-state index in [-0.39, 0.29) is 5.78 Å². The Morgan fingerprint density at radius 1 is 1.20 bits per heavy atom. The van der Waals surface area contributed by atoms with Crippen molar-refractivity contribution in [2.24, 2.45) is 5.92 Å². The van der Waals surface area contributed by atoms with Crippen LogP contribution in [-0.2, 0) is 11.2 Å². The Morgan fingerprint density at radius 3 is 2.60 bits per heavy atom. The lowest BCUT2D eigenvalue weighted by Crippen LogP contribution is -2.20. The topological polar surface area (TPSA) is 37.3 Å². The van der Waals surface area contributed by atoms with Gasteiger partial charge in [-0.3, -0.25) is 4.79 Å². The second-order valence-electron chi connectivity index (χ2n) is 5.70. The average molecular weight is 272 g/mol. The molecule has 1 unspecified atom stereocenters. The lowest BCUT2D eigenvalue weighted by molar-refractivity contribution is -0.114. The third-order valence-electron chi connectivity index (χ3n) is 4.12. The van der Waals surface area contributed by atoms with E-state index in [0.29, 0.717) is 12.3 Å². The highest BCUT2D eigenvalue weighted by Gasteiger charge is 2.19. The lowest BCUT2D eigenvalue weighted by atomic mass is 9.85. The molecule has 0 amide bonds. The third kappa shape index (κ3) is 4.93. The van der Waals surface area contributed by atoms with Crippen molar-refractivity contribution in [1.82, 2.24) is 0 Å². The first kappa shape index (κ1) is 15.0. The number of carbonyl (C=O) groups is 1. The molecule has 1 aliphatic carbocycles. The van der Waals surface area contributed by atoms with Gasteiger partial charge in [0.25, 0.3) is 0 Å². The van der Waals surface area contributed by atoms with E-state index < -0.39 is 6.10 Å². The van der Waals surface area contributed by atoms with Crippen molar-refractivity contribution in [3.05, 3.63) is 48.0 Å². The zero-order chi connectivity index (χ0) is 14.2. The molecule has 20 heavy (non-hydrogen) atoms. The maximum Gasteiger partial charge on any atom is 0.155 e. The van der Waals surface area contributed by atoms with Gasteiger partial charge in [-0.05, 0) is 36.8 Å². The maximum absolute atomic E-state index is 11.8. The number of ketones is 1. The number of hydrogen-bond acceptors (Lipinski definition) is 2. The first-order valence-corrected chi connectivity index (χ1v) is 7.69. The van der Waals surface area contributed by atoms with E-state index in [1.807, 2.05) is 30.3 Å². The van der Waals surface area contributed by atoms with E-state index >= 15 is 0 Å². The zero-order valence-electron chi connectivity index (χ0n) is 12.0. The molecule has 0 aliphatic heterocycles. The molecule has 1 N–H and O–H groups in total. The van der Waals surface area contributed by atoms with Crippen molar-refractivity contribution in [3.63, 3.8) is 0 Å². The highest BCUT2D eigenvalue weighted by molar-refractivity contribution is 5.89. The summed E-state index contributed by atoms with van der Waals surface area (Å²) in [5, 5.41) is 10.1. The van der Waals surface area contributed by atoms with Gasteiger partial charge in [-0.25, -0.2) is 0 Å². The van der Waals surface area contributed by atoms with Crippen LogP contribution in [0.3, 0.4) is 0 Å². The highest BCUT2D eigenvalue weighted by atomic mass is 16.3. The summed E-state index contributed by atoms with van der Waals surface area (Å²) in [6, 6.07) is 10.0. The SMILES string of the molecule is O=C(/C=C/C(O)C1CCCCC1)CCc1ccccc1. The number of aliphatic hydroxyl groups is 1. The molecule has 0 radical (unpaired) electrons. The van der Waals surface area contributed by atoms with Crippen molar-refractivity contribution < 1.29 is 9.90 Å². The molecular formula is C18H24O2. The van der Waals surface area contributed by atoms with Gasteiger partial charge >= 0.3 is 0 Å². The summed E-state index contributed by atoms with van der Waals surface area (Å²) in [5.41, 5.74) is 1.18. The Bertz CT molecular complexity index is 430. The average Bonchev–Trinajstić information content (AvgIpc) is 2.52. The standard InChI is InChI=1S/C18H24O2/c19-17(12-11-15-7-3-1-4-8-15)13-14-18(20)16-9-5-2-6-10-16/h1,3-4,7-8,13-14,16,18,20H,2,5-6,9-12H2/b14-13+. The summed E-state index contributed by atoms with van der Waals surface area (Å²) < 4.78 is 0. The van der Waals surface area contributed by atoms with Gasteiger partial charge in [-0.1, -0.05) is 55.7 Å². The summed E-state index contributed by atoms with van der Waals surface area (Å²) >= 11 is 0. The van der Waals surface area contributed by atoms with Crippen LogP contribution < -0.4 is 0 Å². The smallest absolute Gasteiger partial charge is 0.155 e. The Hall–Kier alpha value is -1.41. The van der Waals surface area contributed by atoms with Crippen LogP contribution in [-0.4, -0.2) is 17.0 Å². The fourth-order valence-corrected chi connectivity index (χ4v) is 2.83. The van der Waals surface area contributed by atoms with Gasteiger partial charge < -0.3 is 5.11 Å². The minimum Gasteiger partial charge on any atom is -0.389 e.